The second-order valence-corrected chi connectivity index (χ2v) is 10.1. The molecule has 1 saturated heterocycles. The minimum atomic E-state index is -0.810. The Bertz CT molecular complexity index is 1240. The number of amides is 3. The number of ether oxygens (including phenoxy) is 1. The van der Waals surface area contributed by atoms with Gasteiger partial charge in [0, 0.05) is 50.5 Å². The average molecular weight is 559 g/mol. The Morgan fingerprint density at radius 2 is 1.71 bits per heavy atom. The van der Waals surface area contributed by atoms with E-state index >= 15 is 0 Å². The van der Waals surface area contributed by atoms with Crippen LogP contribution >= 0.6 is 23.2 Å². The van der Waals surface area contributed by atoms with Crippen molar-refractivity contribution in [3.8, 4) is 0 Å². The number of carbonyl (C=O) groups excluding carboxylic acids is 3. The summed E-state index contributed by atoms with van der Waals surface area (Å²) in [6, 6.07) is 11.6. The third-order valence-electron chi connectivity index (χ3n) is 6.87. The van der Waals surface area contributed by atoms with Gasteiger partial charge in [0.05, 0.1) is 28.3 Å². The van der Waals surface area contributed by atoms with Crippen molar-refractivity contribution in [2.75, 3.05) is 45.9 Å². The van der Waals surface area contributed by atoms with Crippen LogP contribution in [0.15, 0.2) is 53.7 Å². The summed E-state index contributed by atoms with van der Waals surface area (Å²) in [6.45, 7) is 8.75. The van der Waals surface area contributed by atoms with E-state index in [0.29, 0.717) is 66.7 Å². The van der Waals surface area contributed by atoms with Crippen molar-refractivity contribution in [2.24, 2.45) is 0 Å². The van der Waals surface area contributed by atoms with Gasteiger partial charge < -0.3 is 15.0 Å². The van der Waals surface area contributed by atoms with E-state index in [1.807, 2.05) is 43.0 Å². The van der Waals surface area contributed by atoms with Crippen molar-refractivity contribution in [1.82, 2.24) is 20.0 Å². The fourth-order valence-electron chi connectivity index (χ4n) is 4.83. The molecule has 2 aliphatic heterocycles. The number of urea groups is 1. The Hall–Kier alpha value is -3.07. The molecule has 0 aromatic heterocycles. The molecule has 38 heavy (non-hydrogen) atoms. The molecule has 0 radical (unpaired) electrons. The number of likely N-dealkylation sites (N-methyl/N-ethyl adjacent to an activating group) is 1. The van der Waals surface area contributed by atoms with E-state index in [2.05, 4.69) is 10.2 Å². The van der Waals surface area contributed by atoms with Crippen LogP contribution < -0.4 is 5.32 Å². The van der Waals surface area contributed by atoms with Crippen molar-refractivity contribution in [1.29, 1.82) is 0 Å². The molecule has 1 unspecified atom stereocenters. The van der Waals surface area contributed by atoms with Gasteiger partial charge in [0.2, 0.25) is 0 Å². The normalized spacial score (nSPS) is 18.4. The Kier molecular flexibility index (Phi) is 8.97. The lowest BCUT2D eigenvalue weighted by Crippen LogP contribution is -2.53. The molecule has 3 amide bonds. The molecule has 2 aromatic rings. The number of nitrogens with zero attached hydrogens (tertiary/aromatic N) is 3. The first-order chi connectivity index (χ1) is 18.2. The largest absolute Gasteiger partial charge is 0.463 e. The first kappa shape index (κ1) is 28.0. The molecule has 4 rings (SSSR count). The molecule has 202 valence electrons. The van der Waals surface area contributed by atoms with E-state index in [1.54, 1.807) is 30.0 Å². The van der Waals surface area contributed by atoms with Crippen LogP contribution in [0.5, 0.6) is 0 Å². The molecule has 2 aliphatic rings. The SMILES string of the molecule is CCOC(=O)C1=C(CN2CCN(C(=O)c3ccc(C)cc3)CC2)N(CC)C(=O)NC1c1cccc(Cl)c1Cl. The topological polar surface area (TPSA) is 82.2 Å². The Balaban J connectivity index is 1.62. The zero-order valence-corrected chi connectivity index (χ0v) is 23.3. The standard InChI is InChI=1S/C28H32Cl2N4O4/c1-4-34-22(17-32-13-15-33(16-14-32)26(35)19-11-9-18(3)10-12-19)23(27(36)38-5-2)25(31-28(34)37)20-7-6-8-21(29)24(20)30/h6-12,25H,4-5,13-17H2,1-3H3,(H,31,37). The molecule has 0 aliphatic carbocycles. The van der Waals surface area contributed by atoms with Crippen LogP contribution in [0.2, 0.25) is 10.0 Å². The molecule has 8 nitrogen and oxygen atoms in total. The maximum Gasteiger partial charge on any atom is 0.338 e. The fraction of sp³-hybridized carbons (Fsp3) is 0.393. The van der Waals surface area contributed by atoms with Crippen LogP contribution in [-0.4, -0.2) is 78.5 Å². The maximum atomic E-state index is 13.3. The highest BCUT2D eigenvalue weighted by atomic mass is 35.5. The lowest BCUT2D eigenvalue weighted by molar-refractivity contribution is -0.139. The third-order valence-corrected chi connectivity index (χ3v) is 7.71. The van der Waals surface area contributed by atoms with E-state index in [0.717, 1.165) is 5.56 Å². The number of carbonyl (C=O) groups is 3. The molecule has 10 heteroatoms. The number of rotatable bonds is 7. The number of aryl methyl sites for hydroxylation is 1. The summed E-state index contributed by atoms with van der Waals surface area (Å²) in [5, 5.41) is 3.52. The van der Waals surface area contributed by atoms with Gasteiger partial charge in [-0.1, -0.05) is 53.0 Å². The summed E-state index contributed by atoms with van der Waals surface area (Å²) in [6.07, 6.45) is 0. The van der Waals surface area contributed by atoms with Gasteiger partial charge in [-0.25, -0.2) is 9.59 Å². The molecular formula is C28H32Cl2N4O4. The molecule has 2 aromatic carbocycles. The number of nitrogens with one attached hydrogen (secondary N) is 1. The summed E-state index contributed by atoms with van der Waals surface area (Å²) >= 11 is 12.8. The number of piperazine rings is 1. The average Bonchev–Trinajstić information content (AvgIpc) is 2.90. The van der Waals surface area contributed by atoms with Crippen LogP contribution in [0.3, 0.4) is 0 Å². The van der Waals surface area contributed by atoms with E-state index in [9.17, 15) is 14.4 Å². The number of hydrogen-bond acceptors (Lipinski definition) is 5. The van der Waals surface area contributed by atoms with Crippen LogP contribution in [0.4, 0.5) is 4.79 Å². The lowest BCUT2D eigenvalue weighted by atomic mass is 9.94. The van der Waals surface area contributed by atoms with E-state index in [1.165, 1.54) is 0 Å². The van der Waals surface area contributed by atoms with Gasteiger partial charge >= 0.3 is 12.0 Å². The molecule has 0 saturated carbocycles. The molecule has 0 spiro atoms. The van der Waals surface area contributed by atoms with Crippen molar-refractivity contribution in [2.45, 2.75) is 26.8 Å². The highest BCUT2D eigenvalue weighted by Gasteiger charge is 2.39. The van der Waals surface area contributed by atoms with Gasteiger partial charge in [-0.15, -0.1) is 0 Å². The summed E-state index contributed by atoms with van der Waals surface area (Å²) in [5.41, 5.74) is 3.19. The van der Waals surface area contributed by atoms with Crippen molar-refractivity contribution in [3.63, 3.8) is 0 Å². The fourth-order valence-corrected chi connectivity index (χ4v) is 5.25. The molecule has 1 fully saturated rings. The van der Waals surface area contributed by atoms with Gasteiger partial charge in [0.1, 0.15) is 0 Å². The maximum absolute atomic E-state index is 13.3. The zero-order chi connectivity index (χ0) is 27.4. The summed E-state index contributed by atoms with van der Waals surface area (Å²) in [5.74, 6) is -0.519. The van der Waals surface area contributed by atoms with Gasteiger partial charge in [0.15, 0.2) is 0 Å². The summed E-state index contributed by atoms with van der Waals surface area (Å²) in [4.78, 5) is 45.0. The summed E-state index contributed by atoms with van der Waals surface area (Å²) in [7, 11) is 0. The van der Waals surface area contributed by atoms with Crippen molar-refractivity contribution in [3.05, 3.63) is 80.5 Å². The highest BCUT2D eigenvalue weighted by molar-refractivity contribution is 6.42. The van der Waals surface area contributed by atoms with Gasteiger partial charge in [-0.2, -0.15) is 0 Å². The molecular weight excluding hydrogens is 527 g/mol. The molecule has 2 heterocycles. The Morgan fingerprint density at radius 1 is 1.03 bits per heavy atom. The van der Waals surface area contributed by atoms with E-state index in [-0.39, 0.29) is 23.6 Å². The lowest BCUT2D eigenvalue weighted by Gasteiger charge is -2.40. The Labute approximate surface area is 233 Å². The van der Waals surface area contributed by atoms with Gasteiger partial charge in [0.25, 0.3) is 5.91 Å². The molecule has 1 N–H and O–H groups in total. The molecule has 1 atom stereocenters. The molecule has 0 bridgehead atoms. The van der Waals surface area contributed by atoms with Gasteiger partial charge in [-0.3, -0.25) is 14.6 Å². The van der Waals surface area contributed by atoms with E-state index < -0.39 is 12.0 Å². The second-order valence-electron chi connectivity index (χ2n) is 9.29. The first-order valence-electron chi connectivity index (χ1n) is 12.8. The third kappa shape index (κ3) is 5.82. The number of benzene rings is 2. The van der Waals surface area contributed by atoms with Crippen LogP contribution in [-0.2, 0) is 9.53 Å². The Morgan fingerprint density at radius 3 is 2.34 bits per heavy atom. The van der Waals surface area contributed by atoms with Crippen molar-refractivity contribution < 1.29 is 19.1 Å². The number of hydrogen-bond donors (Lipinski definition) is 1. The van der Waals surface area contributed by atoms with Crippen LogP contribution in [0.25, 0.3) is 0 Å². The zero-order valence-electron chi connectivity index (χ0n) is 21.8. The first-order valence-corrected chi connectivity index (χ1v) is 13.5. The monoisotopic (exact) mass is 558 g/mol. The van der Waals surface area contributed by atoms with Crippen molar-refractivity contribution >= 4 is 41.1 Å². The number of halogens is 2. The van der Waals surface area contributed by atoms with E-state index in [4.69, 9.17) is 27.9 Å². The predicted octanol–water partition coefficient (Wildman–Crippen LogP) is 4.66. The predicted molar refractivity (Wildman–Crippen MR) is 147 cm³/mol. The minimum Gasteiger partial charge on any atom is -0.463 e. The van der Waals surface area contributed by atoms with Crippen LogP contribution in [0.1, 0.15) is 41.4 Å². The van der Waals surface area contributed by atoms with Gasteiger partial charge in [-0.05, 0) is 44.5 Å². The highest BCUT2D eigenvalue weighted by Crippen LogP contribution is 2.38. The quantitative estimate of drug-likeness (QED) is 0.499. The number of esters is 1. The smallest absolute Gasteiger partial charge is 0.338 e. The van der Waals surface area contributed by atoms with Crippen LogP contribution in [0, 0.1) is 6.92 Å². The summed E-state index contributed by atoms with van der Waals surface area (Å²) < 4.78 is 5.43. The minimum absolute atomic E-state index is 0.000954. The second kappa shape index (κ2) is 12.2.